The van der Waals surface area contributed by atoms with E-state index in [-0.39, 0.29) is 29.0 Å². The topological polar surface area (TPSA) is 95.6 Å². The van der Waals surface area contributed by atoms with Crippen molar-refractivity contribution < 1.29 is 19.2 Å². The number of rotatable bonds is 5. The lowest BCUT2D eigenvalue weighted by molar-refractivity contribution is -0.122. The summed E-state index contributed by atoms with van der Waals surface area (Å²) >= 11 is 0. The third-order valence-electron chi connectivity index (χ3n) is 6.63. The van der Waals surface area contributed by atoms with Gasteiger partial charge < -0.3 is 10.6 Å². The fourth-order valence-corrected chi connectivity index (χ4v) is 4.80. The van der Waals surface area contributed by atoms with Crippen LogP contribution in [-0.2, 0) is 9.59 Å². The average Bonchev–Trinajstić information content (AvgIpc) is 3.13. The molecule has 0 aromatic heterocycles. The van der Waals surface area contributed by atoms with Crippen LogP contribution in [0.1, 0.15) is 40.5 Å². The number of benzene rings is 3. The molecule has 2 atom stereocenters. The van der Waals surface area contributed by atoms with E-state index >= 15 is 0 Å². The molecule has 0 radical (unpaired) electrons. The van der Waals surface area contributed by atoms with E-state index < -0.39 is 17.7 Å². The maximum atomic E-state index is 13.3. The number of fused-ring (bicyclic) bond motifs is 1. The van der Waals surface area contributed by atoms with Crippen molar-refractivity contribution in [1.82, 2.24) is 0 Å². The summed E-state index contributed by atoms with van der Waals surface area (Å²) in [6, 6.07) is 22.3. The first-order chi connectivity index (χ1) is 17.4. The van der Waals surface area contributed by atoms with Gasteiger partial charge in [0.15, 0.2) is 0 Å². The monoisotopic (exact) mass is 479 g/mol. The van der Waals surface area contributed by atoms with Crippen LogP contribution in [0.2, 0.25) is 0 Å². The van der Waals surface area contributed by atoms with E-state index in [0.717, 1.165) is 5.57 Å². The minimum atomic E-state index is -0.476. The molecule has 7 nitrogen and oxygen atoms in total. The smallest absolute Gasteiger partial charge is 0.257 e. The highest BCUT2D eigenvalue weighted by atomic mass is 16.2. The van der Waals surface area contributed by atoms with Gasteiger partial charge in [-0.15, -0.1) is 0 Å². The normalized spacial score (nSPS) is 18.9. The first-order valence-electron chi connectivity index (χ1n) is 11.8. The summed E-state index contributed by atoms with van der Waals surface area (Å²) in [6.45, 7) is 1.96. The Labute approximate surface area is 208 Å². The summed E-state index contributed by atoms with van der Waals surface area (Å²) in [5.74, 6) is -2.10. The second kappa shape index (κ2) is 9.62. The van der Waals surface area contributed by atoms with Gasteiger partial charge >= 0.3 is 0 Å². The maximum absolute atomic E-state index is 13.3. The molecule has 0 bridgehead atoms. The number of allylic oxidation sites excluding steroid dienone is 2. The fraction of sp³-hybridized carbons (Fsp3) is 0.172. The maximum Gasteiger partial charge on any atom is 0.257 e. The average molecular weight is 480 g/mol. The molecule has 2 N–H and O–H groups in total. The van der Waals surface area contributed by atoms with Gasteiger partial charge in [-0.3, -0.25) is 19.2 Å². The molecule has 1 aliphatic heterocycles. The molecular formula is C29H25N3O4. The zero-order valence-corrected chi connectivity index (χ0v) is 19.7. The number of carbonyl (C=O) groups excluding carboxylic acids is 4. The van der Waals surface area contributed by atoms with Crippen LogP contribution in [0.25, 0.3) is 0 Å². The Hall–Kier alpha value is -4.52. The summed E-state index contributed by atoms with van der Waals surface area (Å²) < 4.78 is 0. The molecule has 0 saturated carbocycles. The molecule has 4 amide bonds. The van der Waals surface area contributed by atoms with Crippen molar-refractivity contribution in [3.63, 3.8) is 0 Å². The van der Waals surface area contributed by atoms with Crippen molar-refractivity contribution in [1.29, 1.82) is 0 Å². The molecule has 5 rings (SSSR count). The highest BCUT2D eigenvalue weighted by molar-refractivity contribution is 6.25. The Morgan fingerprint density at radius 3 is 2.25 bits per heavy atom. The van der Waals surface area contributed by atoms with Crippen LogP contribution in [-0.4, -0.2) is 23.6 Å². The summed E-state index contributed by atoms with van der Waals surface area (Å²) in [5, 5.41) is 5.62. The number of imide groups is 1. The number of nitrogens with zero attached hydrogens (tertiary/aromatic N) is 1. The van der Waals surface area contributed by atoms with E-state index in [4.69, 9.17) is 0 Å². The summed E-state index contributed by atoms with van der Waals surface area (Å²) in [4.78, 5) is 53.5. The number of nitrogens with one attached hydrogen (secondary N) is 2. The predicted octanol–water partition coefficient (Wildman–Crippen LogP) is 5.04. The first kappa shape index (κ1) is 23.2. The number of carbonyl (C=O) groups is 4. The quantitative estimate of drug-likeness (QED) is 0.396. The van der Waals surface area contributed by atoms with E-state index in [1.54, 1.807) is 60.7 Å². The Balaban J connectivity index is 1.36. The van der Waals surface area contributed by atoms with Crippen LogP contribution >= 0.6 is 0 Å². The molecule has 1 fully saturated rings. The van der Waals surface area contributed by atoms with Gasteiger partial charge in [0.2, 0.25) is 11.8 Å². The SMILES string of the molecule is CC1=CC[C@@H]2C(=O)N(c3ccccc3C(=O)Nc3cccc(C(=O)Nc4ccccc4)c3)C(=O)[C@H]2C1. The lowest BCUT2D eigenvalue weighted by Gasteiger charge is -2.19. The van der Waals surface area contributed by atoms with Crippen LogP contribution in [0.3, 0.4) is 0 Å². The second-order valence-corrected chi connectivity index (χ2v) is 9.09. The molecule has 0 spiro atoms. The lowest BCUT2D eigenvalue weighted by Crippen LogP contribution is -2.33. The Bertz CT molecular complexity index is 1400. The van der Waals surface area contributed by atoms with Gasteiger partial charge in [0.05, 0.1) is 23.1 Å². The van der Waals surface area contributed by atoms with Crippen LogP contribution in [0.15, 0.2) is 90.5 Å². The molecule has 180 valence electrons. The molecule has 7 heteroatoms. The Morgan fingerprint density at radius 1 is 0.778 bits per heavy atom. The van der Waals surface area contributed by atoms with Crippen molar-refractivity contribution in [2.24, 2.45) is 11.8 Å². The summed E-state index contributed by atoms with van der Waals surface area (Å²) in [6.07, 6.45) is 3.09. The van der Waals surface area contributed by atoms with Gasteiger partial charge in [0, 0.05) is 16.9 Å². The van der Waals surface area contributed by atoms with Crippen LogP contribution in [0.5, 0.6) is 0 Å². The fourth-order valence-electron chi connectivity index (χ4n) is 4.80. The van der Waals surface area contributed by atoms with E-state index in [1.165, 1.54) is 4.90 Å². The minimum Gasteiger partial charge on any atom is -0.322 e. The predicted molar refractivity (Wildman–Crippen MR) is 138 cm³/mol. The minimum absolute atomic E-state index is 0.210. The van der Waals surface area contributed by atoms with E-state index in [9.17, 15) is 19.2 Å². The van der Waals surface area contributed by atoms with Gasteiger partial charge in [-0.2, -0.15) is 0 Å². The van der Waals surface area contributed by atoms with Crippen LogP contribution < -0.4 is 15.5 Å². The molecule has 1 saturated heterocycles. The van der Waals surface area contributed by atoms with Crippen molar-refractivity contribution in [3.8, 4) is 0 Å². The Kier molecular flexibility index (Phi) is 6.21. The largest absolute Gasteiger partial charge is 0.322 e. The first-order valence-corrected chi connectivity index (χ1v) is 11.8. The van der Waals surface area contributed by atoms with Crippen molar-refractivity contribution >= 4 is 40.7 Å². The summed E-state index contributed by atoms with van der Waals surface area (Å²) in [7, 11) is 0. The van der Waals surface area contributed by atoms with E-state index in [0.29, 0.717) is 29.8 Å². The molecule has 3 aromatic carbocycles. The van der Waals surface area contributed by atoms with Crippen molar-refractivity contribution in [2.75, 3.05) is 15.5 Å². The van der Waals surface area contributed by atoms with E-state index in [2.05, 4.69) is 10.6 Å². The number of hydrogen-bond donors (Lipinski definition) is 2. The third-order valence-corrected chi connectivity index (χ3v) is 6.63. The number of anilines is 3. The molecule has 2 aliphatic rings. The highest BCUT2D eigenvalue weighted by Gasteiger charge is 2.49. The Morgan fingerprint density at radius 2 is 1.44 bits per heavy atom. The second-order valence-electron chi connectivity index (χ2n) is 9.09. The molecular weight excluding hydrogens is 454 g/mol. The number of amides is 4. The van der Waals surface area contributed by atoms with Gasteiger partial charge in [-0.05, 0) is 62.2 Å². The molecule has 1 aliphatic carbocycles. The standard InChI is InChI=1S/C29H25N3O4/c1-18-14-15-22-24(16-18)29(36)32(28(22)35)25-13-6-5-12-23(25)27(34)31-21-11-7-8-19(17-21)26(33)30-20-9-3-2-4-10-20/h2-14,17,22,24H,15-16H2,1H3,(H,30,33)(H,31,34)/t22-,24-/m0/s1. The zero-order valence-electron chi connectivity index (χ0n) is 19.7. The van der Waals surface area contributed by atoms with Crippen LogP contribution in [0.4, 0.5) is 17.1 Å². The molecule has 1 heterocycles. The lowest BCUT2D eigenvalue weighted by atomic mass is 9.82. The molecule has 3 aromatic rings. The third kappa shape index (κ3) is 4.43. The molecule has 0 unspecified atom stereocenters. The summed E-state index contributed by atoms with van der Waals surface area (Å²) in [5.41, 5.74) is 3.04. The van der Waals surface area contributed by atoms with Crippen LogP contribution in [0, 0.1) is 11.8 Å². The molecule has 36 heavy (non-hydrogen) atoms. The number of para-hydroxylation sites is 2. The zero-order chi connectivity index (χ0) is 25.2. The van der Waals surface area contributed by atoms with Gasteiger partial charge in [0.1, 0.15) is 0 Å². The van der Waals surface area contributed by atoms with Gasteiger partial charge in [-0.1, -0.05) is 48.0 Å². The number of hydrogen-bond acceptors (Lipinski definition) is 4. The van der Waals surface area contributed by atoms with Gasteiger partial charge in [0.25, 0.3) is 11.8 Å². The van der Waals surface area contributed by atoms with Crippen molar-refractivity contribution in [2.45, 2.75) is 19.8 Å². The van der Waals surface area contributed by atoms with Crippen molar-refractivity contribution in [3.05, 3.63) is 102 Å². The van der Waals surface area contributed by atoms with Gasteiger partial charge in [-0.25, -0.2) is 4.90 Å². The highest BCUT2D eigenvalue weighted by Crippen LogP contribution is 2.40. The van der Waals surface area contributed by atoms with E-state index in [1.807, 2.05) is 31.2 Å².